The summed E-state index contributed by atoms with van der Waals surface area (Å²) in [5.41, 5.74) is 12.4. The maximum absolute atomic E-state index is 13.4. The number of rotatable bonds is 12. The molecule has 0 bridgehead atoms. The minimum atomic E-state index is -0.504. The zero-order chi connectivity index (χ0) is 52.5. The Kier molecular flexibility index (Phi) is 15.4. The van der Waals surface area contributed by atoms with Crippen LogP contribution < -0.4 is 0 Å². The Balaban J connectivity index is 1.19. The molecule has 0 unspecified atom stereocenters. The number of methoxy groups -OCH3 is 2. The molecule has 0 aromatic heterocycles. The number of esters is 2. The third-order valence-electron chi connectivity index (χ3n) is 13.1. The van der Waals surface area contributed by atoms with E-state index in [1.807, 2.05) is 97.1 Å². The normalized spacial score (nSPS) is 12.6. The predicted octanol–water partition coefficient (Wildman–Crippen LogP) is 15.7. The van der Waals surface area contributed by atoms with Gasteiger partial charge in [0.2, 0.25) is 0 Å². The van der Waals surface area contributed by atoms with Crippen LogP contribution in [0.5, 0.6) is 0 Å². The first kappa shape index (κ1) is 50.6. The topological polar surface area (TPSA) is 172 Å². The average Bonchev–Trinajstić information content (AvgIpc) is 3.75. The minimum absolute atomic E-state index is 0.116. The van der Waals surface area contributed by atoms with Gasteiger partial charge in [0, 0.05) is 11.1 Å². The van der Waals surface area contributed by atoms with Crippen molar-refractivity contribution < 1.29 is 19.1 Å². The summed E-state index contributed by atoms with van der Waals surface area (Å²) >= 11 is 0. The summed E-state index contributed by atoms with van der Waals surface area (Å²) in [6, 6.07) is 42.1. The number of nitrogens with zero attached hydrogens (tertiary/aromatic N) is 6. The Morgan fingerprint density at radius 3 is 1.14 bits per heavy atom. The molecule has 2 aromatic carbocycles. The van der Waals surface area contributed by atoms with Gasteiger partial charge < -0.3 is 9.47 Å². The fourth-order valence-corrected chi connectivity index (χ4v) is 9.34. The van der Waals surface area contributed by atoms with Crippen LogP contribution in [0.3, 0.4) is 0 Å². The molecular formula is C64H50N6O4. The van der Waals surface area contributed by atoms with E-state index < -0.39 is 11.9 Å². The third kappa shape index (κ3) is 10.2. The van der Waals surface area contributed by atoms with Crippen molar-refractivity contribution >= 4 is 45.6 Å². The molecule has 10 nitrogen and oxygen atoms in total. The van der Waals surface area contributed by atoms with E-state index in [4.69, 9.17) is 9.47 Å². The van der Waals surface area contributed by atoms with Gasteiger partial charge in [-0.05, 0) is 139 Å². The number of fused-ring (bicyclic) bond motifs is 2. The molecule has 0 radical (unpaired) electrons. The summed E-state index contributed by atoms with van der Waals surface area (Å²) in [5.74, 6) is -0.663. The van der Waals surface area contributed by atoms with Crippen LogP contribution in [-0.2, 0) is 9.47 Å². The van der Waals surface area contributed by atoms with Gasteiger partial charge >= 0.3 is 11.9 Å². The molecule has 0 N–H and O–H groups in total. The Hall–Kier alpha value is -9.74. The monoisotopic (exact) mass is 966 g/mol. The van der Waals surface area contributed by atoms with E-state index in [2.05, 4.69) is 62.2 Å². The second-order valence-corrected chi connectivity index (χ2v) is 18.2. The first-order chi connectivity index (χ1) is 35.9. The fraction of sp³-hybridized carbons (Fsp3) is 0.156. The smallest absolute Gasteiger partial charge is 0.338 e. The van der Waals surface area contributed by atoms with E-state index in [-0.39, 0.29) is 23.0 Å². The van der Waals surface area contributed by atoms with Gasteiger partial charge in [-0.1, -0.05) is 149 Å². The van der Waals surface area contributed by atoms with Gasteiger partial charge in [-0.25, -0.2) is 9.59 Å². The van der Waals surface area contributed by atoms with E-state index in [0.717, 1.165) is 33.4 Å². The van der Waals surface area contributed by atoms with Crippen LogP contribution in [0, 0.1) is 45.3 Å². The second kappa shape index (κ2) is 22.6. The first-order valence-electron chi connectivity index (χ1n) is 24.1. The standard InChI is InChI=1S/C64H50N6O4/c1-39(2)45-19-13-21-51-53(31-45)57(63(71)73-5)33-55(51)61(41-15-9-7-10-16-41)59(47(35-65)36-66)43-23-27-49(28-24-43)69-70-50-29-25-44(26-30-50)60(48(37-67)38-68)62(42-17-11-8-12-18-42)56-34-58(64(72)74-6)54-32-46(40(3)4)20-14-22-52(54)56/h9-34,39-40H,7-8H2,1-6H3. The van der Waals surface area contributed by atoms with Crippen molar-refractivity contribution in [1.82, 2.24) is 0 Å². The van der Waals surface area contributed by atoms with Crippen molar-refractivity contribution in [3.05, 3.63) is 225 Å². The lowest BCUT2D eigenvalue weighted by Crippen LogP contribution is -2.00. The van der Waals surface area contributed by atoms with E-state index >= 15 is 0 Å². The van der Waals surface area contributed by atoms with E-state index in [9.17, 15) is 30.6 Å². The number of hydrogen-bond acceptors (Lipinski definition) is 10. The zero-order valence-corrected chi connectivity index (χ0v) is 41.9. The summed E-state index contributed by atoms with van der Waals surface area (Å²) in [6.45, 7) is 8.33. The summed E-state index contributed by atoms with van der Waals surface area (Å²) < 4.78 is 10.5. The molecular weight excluding hydrogens is 917 g/mol. The van der Waals surface area contributed by atoms with Crippen molar-refractivity contribution in [2.75, 3.05) is 14.2 Å². The predicted molar refractivity (Wildman–Crippen MR) is 290 cm³/mol. The molecule has 8 rings (SSSR count). The number of hydrogen-bond donors (Lipinski definition) is 0. The average molecular weight is 967 g/mol. The Labute approximate surface area is 431 Å². The van der Waals surface area contributed by atoms with Crippen LogP contribution in [0.4, 0.5) is 11.4 Å². The molecule has 0 aliphatic heterocycles. The van der Waals surface area contributed by atoms with Crippen LogP contribution in [0.2, 0.25) is 0 Å². The van der Waals surface area contributed by atoms with Gasteiger partial charge in [0.15, 0.2) is 0 Å². The highest BCUT2D eigenvalue weighted by atomic mass is 16.5. The van der Waals surface area contributed by atoms with Crippen LogP contribution in [0.1, 0.15) is 106 Å². The van der Waals surface area contributed by atoms with Crippen molar-refractivity contribution in [3.63, 3.8) is 0 Å². The molecule has 74 heavy (non-hydrogen) atoms. The SMILES string of the molecule is COC(=O)c1cc(C(=C2C=CCC=C2)C(=C(C#N)C#N)c2ccc(N=Nc3ccc(C(=C(C#N)C#N)C(=C4C=CCC=C4)c4cc(C(=O)OC)c5cc(C(C)C)cccc4-5)cc3)cc2)c2cccc(C(C)C)cc1-2. The lowest BCUT2D eigenvalue weighted by atomic mass is 9.84. The molecule has 0 fully saturated rings. The van der Waals surface area contributed by atoms with Gasteiger partial charge in [-0.3, -0.25) is 0 Å². The third-order valence-corrected chi connectivity index (χ3v) is 13.1. The molecule has 6 aliphatic carbocycles. The van der Waals surface area contributed by atoms with Gasteiger partial charge in [0.25, 0.3) is 0 Å². The molecule has 0 spiro atoms. The van der Waals surface area contributed by atoms with Crippen molar-refractivity contribution in [3.8, 4) is 46.5 Å². The van der Waals surface area contributed by atoms with Gasteiger partial charge in [0.05, 0.1) is 36.7 Å². The molecule has 10 heteroatoms. The quantitative estimate of drug-likeness (QED) is 0.0662. The van der Waals surface area contributed by atoms with Crippen LogP contribution in [0.15, 0.2) is 190 Å². The van der Waals surface area contributed by atoms with E-state index in [1.54, 1.807) is 60.7 Å². The second-order valence-electron chi connectivity index (χ2n) is 18.2. The van der Waals surface area contributed by atoms with Crippen LogP contribution in [0.25, 0.3) is 44.5 Å². The number of carbonyl (C=O) groups is 2. The number of carbonyl (C=O) groups excluding carboxylic acids is 2. The van der Waals surface area contributed by atoms with E-state index in [0.29, 0.717) is 91.0 Å². The van der Waals surface area contributed by atoms with Crippen LogP contribution >= 0.6 is 0 Å². The Bertz CT molecular complexity index is 3340. The number of benzene rings is 2. The largest absolute Gasteiger partial charge is 0.465 e. The molecule has 0 saturated carbocycles. The Morgan fingerprint density at radius 2 is 0.824 bits per heavy atom. The molecule has 6 aliphatic rings. The fourth-order valence-electron chi connectivity index (χ4n) is 9.34. The summed E-state index contributed by atoms with van der Waals surface area (Å²) in [7, 11) is 2.69. The first-order valence-corrected chi connectivity index (χ1v) is 24.1. The summed E-state index contributed by atoms with van der Waals surface area (Å²) in [4.78, 5) is 26.8. The lowest BCUT2D eigenvalue weighted by Gasteiger charge is -2.18. The molecule has 360 valence electrons. The minimum Gasteiger partial charge on any atom is -0.465 e. The molecule has 0 heterocycles. The molecule has 0 saturated heterocycles. The molecule has 0 amide bonds. The number of azo groups is 1. The van der Waals surface area contributed by atoms with Crippen molar-refractivity contribution in [2.24, 2.45) is 10.2 Å². The van der Waals surface area contributed by atoms with Crippen LogP contribution in [-0.4, -0.2) is 26.2 Å². The zero-order valence-electron chi connectivity index (χ0n) is 41.9. The maximum Gasteiger partial charge on any atom is 0.338 e. The van der Waals surface area contributed by atoms with Gasteiger partial charge in [-0.2, -0.15) is 31.3 Å². The van der Waals surface area contributed by atoms with Crippen molar-refractivity contribution in [1.29, 1.82) is 21.0 Å². The highest BCUT2D eigenvalue weighted by Crippen LogP contribution is 2.48. The Morgan fingerprint density at radius 1 is 0.473 bits per heavy atom. The molecule has 2 aromatic rings. The van der Waals surface area contributed by atoms with Crippen molar-refractivity contribution in [2.45, 2.75) is 52.4 Å². The number of allylic oxidation sites excluding steroid dienone is 16. The lowest BCUT2D eigenvalue weighted by molar-refractivity contribution is 0.0593. The number of nitriles is 4. The highest BCUT2D eigenvalue weighted by molar-refractivity contribution is 6.17. The number of ether oxygens (including phenoxy) is 2. The maximum atomic E-state index is 13.4. The summed E-state index contributed by atoms with van der Waals surface area (Å²) in [5, 5.41) is 51.2. The highest BCUT2D eigenvalue weighted by Gasteiger charge is 2.30. The van der Waals surface area contributed by atoms with Gasteiger partial charge in [0.1, 0.15) is 35.4 Å². The summed E-state index contributed by atoms with van der Waals surface area (Å²) in [6.07, 6.45) is 17.3. The molecule has 0 atom stereocenters. The van der Waals surface area contributed by atoms with Gasteiger partial charge in [-0.15, -0.1) is 0 Å². The van der Waals surface area contributed by atoms with E-state index in [1.165, 1.54) is 14.2 Å².